The van der Waals surface area contributed by atoms with Gasteiger partial charge < -0.3 is 9.15 Å². The van der Waals surface area contributed by atoms with Crippen molar-refractivity contribution in [1.29, 1.82) is 0 Å². The summed E-state index contributed by atoms with van der Waals surface area (Å²) >= 11 is 1.43. The van der Waals surface area contributed by atoms with E-state index >= 15 is 0 Å². The minimum atomic E-state index is -0.128. The van der Waals surface area contributed by atoms with Crippen LogP contribution in [0, 0.1) is 6.92 Å². The van der Waals surface area contributed by atoms with Gasteiger partial charge in [-0.1, -0.05) is 30.0 Å². The van der Waals surface area contributed by atoms with Crippen LogP contribution in [0.1, 0.15) is 23.8 Å². The number of hydrogen-bond acceptors (Lipinski definition) is 6. The van der Waals surface area contributed by atoms with Gasteiger partial charge in [-0.25, -0.2) is 9.97 Å². The SMILES string of the molecule is COc1cccc(-n2c(S[C@H](C)c3ncc(C)o3)nc3ccccc3c2=O)c1. The number of ether oxygens (including phenoxy) is 1. The summed E-state index contributed by atoms with van der Waals surface area (Å²) in [4.78, 5) is 22.4. The lowest BCUT2D eigenvalue weighted by atomic mass is 10.2. The van der Waals surface area contributed by atoms with Crippen molar-refractivity contribution in [3.8, 4) is 11.4 Å². The van der Waals surface area contributed by atoms with E-state index in [0.717, 1.165) is 5.76 Å². The molecule has 0 N–H and O–H groups in total. The third kappa shape index (κ3) is 3.41. The molecular weight excluding hydrogens is 374 g/mol. The van der Waals surface area contributed by atoms with Crippen LogP contribution in [0.25, 0.3) is 16.6 Å². The molecule has 0 saturated carbocycles. The van der Waals surface area contributed by atoms with Crippen molar-refractivity contribution in [2.45, 2.75) is 24.3 Å². The highest BCUT2D eigenvalue weighted by molar-refractivity contribution is 7.99. The molecule has 0 radical (unpaired) electrons. The molecule has 0 unspecified atom stereocenters. The minimum absolute atomic E-state index is 0.112. The molecule has 2 aromatic carbocycles. The van der Waals surface area contributed by atoms with Gasteiger partial charge in [0.25, 0.3) is 5.56 Å². The van der Waals surface area contributed by atoms with Gasteiger partial charge in [0.2, 0.25) is 5.89 Å². The Morgan fingerprint density at radius 2 is 2.00 bits per heavy atom. The van der Waals surface area contributed by atoms with Crippen LogP contribution >= 0.6 is 11.8 Å². The van der Waals surface area contributed by atoms with E-state index in [4.69, 9.17) is 14.1 Å². The largest absolute Gasteiger partial charge is 0.497 e. The summed E-state index contributed by atoms with van der Waals surface area (Å²) in [5.74, 6) is 2.02. The summed E-state index contributed by atoms with van der Waals surface area (Å²) in [5.41, 5.74) is 1.22. The quantitative estimate of drug-likeness (QED) is 0.366. The van der Waals surface area contributed by atoms with Gasteiger partial charge in [-0.2, -0.15) is 0 Å². The Morgan fingerprint density at radius 1 is 1.18 bits per heavy atom. The van der Waals surface area contributed by atoms with E-state index in [9.17, 15) is 4.79 Å². The molecule has 0 aliphatic heterocycles. The van der Waals surface area contributed by atoms with Crippen LogP contribution in [0.4, 0.5) is 0 Å². The first-order chi connectivity index (χ1) is 13.6. The number of methoxy groups -OCH3 is 1. The zero-order valence-corrected chi connectivity index (χ0v) is 16.6. The highest BCUT2D eigenvalue weighted by atomic mass is 32.2. The van der Waals surface area contributed by atoms with Crippen molar-refractivity contribution >= 4 is 22.7 Å². The lowest BCUT2D eigenvalue weighted by Gasteiger charge is -2.15. The third-order valence-electron chi connectivity index (χ3n) is 4.33. The number of para-hydroxylation sites is 1. The average molecular weight is 393 g/mol. The fourth-order valence-corrected chi connectivity index (χ4v) is 3.91. The van der Waals surface area contributed by atoms with E-state index in [1.54, 1.807) is 23.9 Å². The summed E-state index contributed by atoms with van der Waals surface area (Å²) in [6.45, 7) is 3.83. The summed E-state index contributed by atoms with van der Waals surface area (Å²) < 4.78 is 12.6. The number of fused-ring (bicyclic) bond motifs is 1. The number of rotatable bonds is 5. The Bertz CT molecular complexity index is 1200. The van der Waals surface area contributed by atoms with Crippen LogP contribution in [-0.2, 0) is 0 Å². The van der Waals surface area contributed by atoms with E-state index in [0.29, 0.717) is 33.4 Å². The molecule has 0 fully saturated rings. The van der Waals surface area contributed by atoms with Crippen molar-refractivity contribution in [1.82, 2.24) is 14.5 Å². The van der Waals surface area contributed by atoms with Crippen LogP contribution in [0.15, 0.2) is 69.1 Å². The zero-order chi connectivity index (χ0) is 19.7. The van der Waals surface area contributed by atoms with Gasteiger partial charge in [-0.3, -0.25) is 9.36 Å². The zero-order valence-electron chi connectivity index (χ0n) is 15.7. The number of oxazole rings is 1. The number of hydrogen-bond donors (Lipinski definition) is 0. The Kier molecular flexibility index (Phi) is 4.92. The molecule has 0 bridgehead atoms. The van der Waals surface area contributed by atoms with Crippen LogP contribution in [0.2, 0.25) is 0 Å². The minimum Gasteiger partial charge on any atom is -0.497 e. The fraction of sp³-hybridized carbons (Fsp3) is 0.190. The molecule has 4 rings (SSSR count). The van der Waals surface area contributed by atoms with E-state index < -0.39 is 0 Å². The van der Waals surface area contributed by atoms with Crippen LogP contribution < -0.4 is 10.3 Å². The molecule has 2 heterocycles. The van der Waals surface area contributed by atoms with Gasteiger partial charge in [-0.05, 0) is 38.1 Å². The Hall–Kier alpha value is -3.06. The van der Waals surface area contributed by atoms with Crippen molar-refractivity contribution in [2.24, 2.45) is 0 Å². The Balaban J connectivity index is 1.89. The molecule has 4 aromatic rings. The van der Waals surface area contributed by atoms with E-state index in [-0.39, 0.29) is 10.8 Å². The molecular formula is C21H19N3O3S. The predicted octanol–water partition coefficient (Wildman–Crippen LogP) is 4.54. The smallest absolute Gasteiger partial charge is 0.266 e. The van der Waals surface area contributed by atoms with Gasteiger partial charge in [0.05, 0.1) is 35.1 Å². The van der Waals surface area contributed by atoms with Gasteiger partial charge >= 0.3 is 0 Å². The first-order valence-electron chi connectivity index (χ1n) is 8.82. The van der Waals surface area contributed by atoms with Crippen molar-refractivity contribution in [3.05, 3.63) is 76.7 Å². The monoisotopic (exact) mass is 393 g/mol. The molecule has 0 amide bonds. The van der Waals surface area contributed by atoms with E-state index in [2.05, 4.69) is 4.98 Å². The second kappa shape index (κ2) is 7.52. The molecule has 0 spiro atoms. The van der Waals surface area contributed by atoms with E-state index in [1.165, 1.54) is 11.8 Å². The summed E-state index contributed by atoms with van der Waals surface area (Å²) in [7, 11) is 1.60. The number of aryl methyl sites for hydroxylation is 1. The Morgan fingerprint density at radius 3 is 2.75 bits per heavy atom. The first kappa shape index (κ1) is 18.3. The maximum atomic E-state index is 13.3. The summed E-state index contributed by atoms with van der Waals surface area (Å²) in [6, 6.07) is 14.7. The van der Waals surface area contributed by atoms with Crippen LogP contribution in [0.3, 0.4) is 0 Å². The van der Waals surface area contributed by atoms with Gasteiger partial charge in [0.1, 0.15) is 11.5 Å². The van der Waals surface area contributed by atoms with Crippen LogP contribution in [-0.4, -0.2) is 21.6 Å². The fourth-order valence-electron chi connectivity index (χ4n) is 2.94. The van der Waals surface area contributed by atoms with E-state index in [1.807, 2.05) is 56.3 Å². The topological polar surface area (TPSA) is 70.2 Å². The Labute approximate surface area is 166 Å². The molecule has 1 atom stereocenters. The lowest BCUT2D eigenvalue weighted by Crippen LogP contribution is -2.22. The van der Waals surface area contributed by atoms with Crippen molar-refractivity contribution in [3.63, 3.8) is 0 Å². The van der Waals surface area contributed by atoms with Crippen LogP contribution in [0.5, 0.6) is 5.75 Å². The lowest BCUT2D eigenvalue weighted by molar-refractivity contribution is 0.414. The number of aromatic nitrogens is 3. The summed E-state index contributed by atoms with van der Waals surface area (Å²) in [5, 5.41) is 1.02. The van der Waals surface area contributed by atoms with Crippen molar-refractivity contribution < 1.29 is 9.15 Å². The average Bonchev–Trinajstić information content (AvgIpc) is 3.15. The van der Waals surface area contributed by atoms with Crippen molar-refractivity contribution in [2.75, 3.05) is 7.11 Å². The third-order valence-corrected chi connectivity index (χ3v) is 5.37. The molecule has 0 aliphatic carbocycles. The van der Waals surface area contributed by atoms with Gasteiger partial charge in [0.15, 0.2) is 5.16 Å². The highest BCUT2D eigenvalue weighted by Crippen LogP contribution is 2.34. The standard InChI is InChI=1S/C21H19N3O3S/c1-13-12-22-19(27-13)14(2)28-21-23-18-10-5-4-9-17(18)20(25)24(21)15-7-6-8-16(11-15)26-3/h4-12,14H,1-3H3/t14-/m1/s1. The molecule has 2 aromatic heterocycles. The maximum Gasteiger partial charge on any atom is 0.266 e. The molecule has 6 nitrogen and oxygen atoms in total. The highest BCUT2D eigenvalue weighted by Gasteiger charge is 2.19. The normalized spacial score (nSPS) is 12.2. The number of thioether (sulfide) groups is 1. The molecule has 0 aliphatic rings. The van der Waals surface area contributed by atoms with Gasteiger partial charge in [0, 0.05) is 6.07 Å². The molecule has 142 valence electrons. The number of nitrogens with zero attached hydrogens (tertiary/aromatic N) is 3. The molecule has 7 heteroatoms. The predicted molar refractivity (Wildman–Crippen MR) is 109 cm³/mol. The molecule has 0 saturated heterocycles. The maximum absolute atomic E-state index is 13.3. The van der Waals surface area contributed by atoms with Gasteiger partial charge in [-0.15, -0.1) is 0 Å². The number of benzene rings is 2. The molecule has 28 heavy (non-hydrogen) atoms. The summed E-state index contributed by atoms with van der Waals surface area (Å²) in [6.07, 6.45) is 1.69. The second-order valence-corrected chi connectivity index (χ2v) is 7.63. The first-order valence-corrected chi connectivity index (χ1v) is 9.70. The second-order valence-electron chi connectivity index (χ2n) is 6.32.